The molecule has 4 unspecified atom stereocenters. The van der Waals surface area contributed by atoms with Crippen LogP contribution < -0.4 is 9.79 Å². The van der Waals surface area contributed by atoms with Crippen LogP contribution >= 0.6 is 23.4 Å². The van der Waals surface area contributed by atoms with Gasteiger partial charge in [-0.2, -0.15) is 0 Å². The van der Waals surface area contributed by atoms with Crippen molar-refractivity contribution in [3.05, 3.63) is 0 Å². The SMILES string of the molecule is C.COC1C[C@H](C)O[C@@H]1CO[PH](=O)CP(=O)([O-])OP(=O)([O-])O.[Y]. The van der Waals surface area contributed by atoms with E-state index < -0.39 is 35.5 Å². The average molecular weight is 471 g/mol. The van der Waals surface area contributed by atoms with Gasteiger partial charge in [0, 0.05) is 46.2 Å². The molecule has 0 aliphatic carbocycles. The van der Waals surface area contributed by atoms with Gasteiger partial charge in [-0.1, -0.05) is 7.43 Å². The number of rotatable bonds is 8. The molecular weight excluding hydrogens is 450 g/mol. The summed E-state index contributed by atoms with van der Waals surface area (Å²) in [5.74, 6) is -1.13. The van der Waals surface area contributed by atoms with Crippen LogP contribution in [0.4, 0.5) is 0 Å². The molecule has 0 amide bonds. The topological polar surface area (TPSA) is 154 Å². The summed E-state index contributed by atoms with van der Waals surface area (Å²) in [6.45, 7) is 1.66. The largest absolute Gasteiger partial charge is 0.778 e. The van der Waals surface area contributed by atoms with Crippen molar-refractivity contribution in [2.24, 2.45) is 0 Å². The molecule has 0 saturated carbocycles. The Hall–Kier alpha value is 1.51. The minimum atomic E-state index is -5.45. The van der Waals surface area contributed by atoms with Crippen molar-refractivity contribution in [1.82, 2.24) is 0 Å². The quantitative estimate of drug-likeness (QED) is 0.489. The molecule has 1 rings (SSSR count). The summed E-state index contributed by atoms with van der Waals surface area (Å²) < 4.78 is 52.0. The standard InChI is InChI=1S/C8H19O10P3.CH4.Y/c1-6-3-7(15-2)8(17-6)4-16-19(9)5-20(10,11)18-21(12,13)14;;/h6-8,19H,3-5H2,1-2H3,(H,10,11)(H2,12,13,14);1H4;/p-2/t6-,7?,8+;;/m0../s1. The van der Waals surface area contributed by atoms with Gasteiger partial charge in [-0.05, 0) is 6.92 Å². The van der Waals surface area contributed by atoms with Gasteiger partial charge in [0.15, 0.2) is 15.6 Å². The maximum Gasteiger partial charge on any atom is 0.270 e. The van der Waals surface area contributed by atoms with Gasteiger partial charge in [-0.25, -0.2) is 0 Å². The summed E-state index contributed by atoms with van der Waals surface area (Å²) in [6, 6.07) is 0. The molecule has 0 aromatic heterocycles. The van der Waals surface area contributed by atoms with E-state index in [1.807, 2.05) is 6.92 Å². The van der Waals surface area contributed by atoms with E-state index in [-0.39, 0.29) is 59.0 Å². The van der Waals surface area contributed by atoms with Crippen molar-refractivity contribution in [2.75, 3.05) is 19.6 Å². The number of hydrogen-bond donors (Lipinski definition) is 1. The molecule has 0 aromatic rings. The Kier molecular flexibility index (Phi) is 13.1. The van der Waals surface area contributed by atoms with Crippen molar-refractivity contribution in [3.63, 3.8) is 0 Å². The maximum atomic E-state index is 11.5. The number of hydrogen-bond acceptors (Lipinski definition) is 9. The summed E-state index contributed by atoms with van der Waals surface area (Å²) in [6.07, 6.45) is -0.197. The van der Waals surface area contributed by atoms with E-state index in [9.17, 15) is 23.5 Å². The Labute approximate surface area is 161 Å². The number of ether oxygens (including phenoxy) is 2. The van der Waals surface area contributed by atoms with Crippen molar-refractivity contribution < 1.29 is 79.4 Å². The summed E-state index contributed by atoms with van der Waals surface area (Å²) >= 11 is 0. The van der Waals surface area contributed by atoms with Crippen LogP contribution in [0.1, 0.15) is 20.8 Å². The molecule has 14 heteroatoms. The van der Waals surface area contributed by atoms with Crippen molar-refractivity contribution >= 4 is 23.4 Å². The third kappa shape index (κ3) is 11.0. The molecule has 0 bridgehead atoms. The van der Waals surface area contributed by atoms with E-state index in [1.165, 1.54) is 7.11 Å². The monoisotopic (exact) mass is 471 g/mol. The second kappa shape index (κ2) is 11.3. The van der Waals surface area contributed by atoms with Crippen LogP contribution in [0.5, 0.6) is 0 Å². The van der Waals surface area contributed by atoms with Gasteiger partial charge < -0.3 is 33.2 Å². The van der Waals surface area contributed by atoms with Crippen LogP contribution in [0, 0.1) is 0 Å². The van der Waals surface area contributed by atoms with E-state index in [0.717, 1.165) is 0 Å². The van der Waals surface area contributed by atoms with Crippen LogP contribution in [-0.2, 0) is 64.7 Å². The molecule has 1 aliphatic rings. The Morgan fingerprint density at radius 1 is 1.39 bits per heavy atom. The van der Waals surface area contributed by atoms with Crippen molar-refractivity contribution in [2.45, 2.75) is 39.1 Å². The van der Waals surface area contributed by atoms with Crippen LogP contribution in [0.25, 0.3) is 0 Å². The van der Waals surface area contributed by atoms with E-state index in [4.69, 9.17) is 18.9 Å². The smallest absolute Gasteiger partial charge is 0.270 e. The Morgan fingerprint density at radius 3 is 2.43 bits per heavy atom. The van der Waals surface area contributed by atoms with Gasteiger partial charge in [0.25, 0.3) is 7.82 Å². The fourth-order valence-corrected chi connectivity index (χ4v) is 5.87. The van der Waals surface area contributed by atoms with Gasteiger partial charge >= 0.3 is 0 Å². The second-order valence-electron chi connectivity index (χ2n) is 4.50. The number of methoxy groups -OCH3 is 1. The van der Waals surface area contributed by atoms with Crippen LogP contribution in [0.15, 0.2) is 0 Å². The maximum absolute atomic E-state index is 11.5. The molecule has 1 aliphatic heterocycles. The third-order valence-corrected chi connectivity index (χ3v) is 7.54. The molecule has 0 spiro atoms. The van der Waals surface area contributed by atoms with Crippen molar-refractivity contribution in [1.29, 1.82) is 0 Å². The van der Waals surface area contributed by atoms with E-state index in [0.29, 0.717) is 6.42 Å². The molecule has 10 nitrogen and oxygen atoms in total. The fraction of sp³-hybridized carbons (Fsp3) is 1.00. The first kappa shape index (κ1) is 26.7. The normalized spacial score (nSPS) is 30.4. The van der Waals surface area contributed by atoms with Crippen LogP contribution in [-0.4, -0.2) is 42.8 Å². The summed E-state index contributed by atoms with van der Waals surface area (Å²) in [4.78, 5) is 29.8. The van der Waals surface area contributed by atoms with Gasteiger partial charge in [0.2, 0.25) is 0 Å². The molecule has 1 N–H and O–H groups in total. The summed E-state index contributed by atoms with van der Waals surface area (Å²) in [7, 11) is -12.1. The second-order valence-corrected chi connectivity index (χ2v) is 9.61. The minimum absolute atomic E-state index is 0. The summed E-state index contributed by atoms with van der Waals surface area (Å²) in [5.41, 5.74) is 0. The first-order chi connectivity index (χ1) is 9.52. The fourth-order valence-electron chi connectivity index (χ4n) is 1.88. The average Bonchev–Trinajstić information content (AvgIpc) is 2.63. The van der Waals surface area contributed by atoms with Gasteiger partial charge in [-0.3, -0.25) is 13.4 Å². The molecule has 0 aromatic carbocycles. The van der Waals surface area contributed by atoms with E-state index in [2.05, 4.69) is 4.31 Å². The molecule has 1 heterocycles. The molecule has 6 atom stereocenters. The minimum Gasteiger partial charge on any atom is -0.778 e. The molecule has 1 fully saturated rings. The molecule has 23 heavy (non-hydrogen) atoms. The van der Waals surface area contributed by atoms with Gasteiger partial charge in [-0.15, -0.1) is 0 Å². The van der Waals surface area contributed by atoms with Crippen LogP contribution in [0.3, 0.4) is 0 Å². The van der Waals surface area contributed by atoms with Crippen LogP contribution in [0.2, 0.25) is 0 Å². The zero-order valence-electron chi connectivity index (χ0n) is 11.9. The van der Waals surface area contributed by atoms with Gasteiger partial charge in [0.1, 0.15) is 6.10 Å². The Balaban J connectivity index is 0. The zero-order valence-corrected chi connectivity index (χ0v) is 17.6. The van der Waals surface area contributed by atoms with E-state index in [1.54, 1.807) is 0 Å². The molecule has 1 radical (unpaired) electrons. The van der Waals surface area contributed by atoms with Gasteiger partial charge in [0.05, 0.1) is 24.7 Å². The predicted octanol–water partition coefficient (Wildman–Crippen LogP) is 0.292. The first-order valence-corrected chi connectivity index (χ1v) is 10.7. The first-order valence-electron chi connectivity index (χ1n) is 5.91. The predicted molar refractivity (Wildman–Crippen MR) is 74.8 cm³/mol. The summed E-state index contributed by atoms with van der Waals surface area (Å²) in [5, 5.41) is 0. The molecule has 1 saturated heterocycles. The number of phosphoric acid groups is 1. The Bertz CT molecular complexity index is 468. The molecular formula is C9H21O10P3Y-2. The third-order valence-electron chi connectivity index (χ3n) is 2.65. The Morgan fingerprint density at radius 2 is 1.96 bits per heavy atom. The molecule has 137 valence electrons. The van der Waals surface area contributed by atoms with Crippen molar-refractivity contribution in [3.8, 4) is 0 Å². The zero-order chi connectivity index (χ0) is 16.3. The van der Waals surface area contributed by atoms with E-state index >= 15 is 0 Å².